The highest BCUT2D eigenvalue weighted by atomic mass is 19.1. The first-order chi connectivity index (χ1) is 13.2. The van der Waals surface area contributed by atoms with Gasteiger partial charge in [-0.2, -0.15) is 0 Å². The molecule has 1 aromatic heterocycles. The predicted octanol–water partition coefficient (Wildman–Crippen LogP) is 5.77. The lowest BCUT2D eigenvalue weighted by atomic mass is 9.82. The number of nitrogens with zero attached hydrogens (tertiary/aromatic N) is 2. The van der Waals surface area contributed by atoms with Crippen LogP contribution in [0.5, 0.6) is 0 Å². The lowest BCUT2D eigenvalue weighted by molar-refractivity contribution is 0.224. The number of nitrogens with one attached hydrogen (secondary N) is 1. The summed E-state index contributed by atoms with van der Waals surface area (Å²) in [5.41, 5.74) is 1.93. The van der Waals surface area contributed by atoms with Crippen LogP contribution in [-0.2, 0) is 7.05 Å². The number of aryl methyl sites for hydroxylation is 1. The minimum atomic E-state index is -0.200. The van der Waals surface area contributed by atoms with Crippen molar-refractivity contribution in [2.45, 2.75) is 76.3 Å². The topological polar surface area (TPSA) is 29.9 Å². The second-order valence-electron chi connectivity index (χ2n) is 8.48. The highest BCUT2D eigenvalue weighted by Crippen LogP contribution is 2.36. The number of hydrogen-bond donors (Lipinski definition) is 1. The first kappa shape index (κ1) is 18.7. The fraction of sp³-hybridized carbons (Fsp3) is 0.609. The van der Waals surface area contributed by atoms with Gasteiger partial charge in [0.25, 0.3) is 0 Å². The molecule has 0 bridgehead atoms. The van der Waals surface area contributed by atoms with Crippen molar-refractivity contribution >= 4 is 0 Å². The molecule has 4 heteroatoms. The van der Waals surface area contributed by atoms with Gasteiger partial charge in [0.2, 0.25) is 0 Å². The maximum Gasteiger partial charge on any atom is 0.126 e. The lowest BCUT2D eigenvalue weighted by Crippen LogP contribution is -2.39. The summed E-state index contributed by atoms with van der Waals surface area (Å²) >= 11 is 0. The number of hydrogen-bond acceptors (Lipinski definition) is 2. The van der Waals surface area contributed by atoms with E-state index in [2.05, 4.69) is 23.1 Å². The van der Waals surface area contributed by atoms with Gasteiger partial charge in [0.1, 0.15) is 11.6 Å². The minimum Gasteiger partial charge on any atom is -0.336 e. The van der Waals surface area contributed by atoms with E-state index in [-0.39, 0.29) is 5.82 Å². The summed E-state index contributed by atoms with van der Waals surface area (Å²) in [6.45, 7) is 0. The molecule has 2 aromatic rings. The van der Waals surface area contributed by atoms with E-state index in [1.165, 1.54) is 76.3 Å². The van der Waals surface area contributed by atoms with Crippen molar-refractivity contribution in [3.8, 4) is 11.3 Å². The minimum absolute atomic E-state index is 0.200. The third-order valence-corrected chi connectivity index (χ3v) is 6.47. The summed E-state index contributed by atoms with van der Waals surface area (Å²) in [7, 11) is 2.10. The molecular weight excluding hydrogens is 337 g/mol. The summed E-state index contributed by atoms with van der Waals surface area (Å²) in [5, 5.41) is 4.01. The Morgan fingerprint density at radius 2 is 1.59 bits per heavy atom. The molecule has 0 amide bonds. The number of benzene rings is 1. The zero-order chi connectivity index (χ0) is 18.6. The number of imidazole rings is 1. The van der Waals surface area contributed by atoms with Crippen molar-refractivity contribution in [2.75, 3.05) is 0 Å². The van der Waals surface area contributed by atoms with Gasteiger partial charge in [0, 0.05) is 24.8 Å². The van der Waals surface area contributed by atoms with Crippen molar-refractivity contribution in [1.29, 1.82) is 0 Å². The monoisotopic (exact) mass is 369 g/mol. The van der Waals surface area contributed by atoms with Crippen molar-refractivity contribution in [1.82, 2.24) is 14.9 Å². The fourth-order valence-electron chi connectivity index (χ4n) is 4.94. The summed E-state index contributed by atoms with van der Waals surface area (Å²) in [6.07, 6.45) is 15.4. The smallest absolute Gasteiger partial charge is 0.126 e. The van der Waals surface area contributed by atoms with Crippen LogP contribution < -0.4 is 5.32 Å². The molecule has 146 valence electrons. The van der Waals surface area contributed by atoms with E-state index < -0.39 is 0 Å². The van der Waals surface area contributed by atoms with E-state index in [1.54, 1.807) is 0 Å². The Hall–Kier alpha value is -1.68. The van der Waals surface area contributed by atoms with Crippen molar-refractivity contribution in [3.05, 3.63) is 42.1 Å². The van der Waals surface area contributed by atoms with Gasteiger partial charge in [-0.25, -0.2) is 9.37 Å². The van der Waals surface area contributed by atoms with Crippen LogP contribution in [0.4, 0.5) is 4.39 Å². The number of halogens is 1. The molecule has 2 aliphatic carbocycles. The molecular formula is C23H32FN3. The standard InChI is InChI=1S/C23H32FN3/c1-27-16-21(17-12-14-19(24)15-13-17)26-23(27)22(18-8-4-2-5-9-18)25-20-10-6-3-7-11-20/h12-16,18,20,22,25H,2-11H2,1H3. The van der Waals surface area contributed by atoms with Crippen LogP contribution in [-0.4, -0.2) is 15.6 Å². The summed E-state index contributed by atoms with van der Waals surface area (Å²) in [4.78, 5) is 5.03. The maximum atomic E-state index is 13.3. The van der Waals surface area contributed by atoms with Crippen LogP contribution in [0.15, 0.2) is 30.5 Å². The zero-order valence-electron chi connectivity index (χ0n) is 16.5. The van der Waals surface area contributed by atoms with E-state index in [9.17, 15) is 4.39 Å². The molecule has 2 saturated carbocycles. The Bertz CT molecular complexity index is 725. The van der Waals surface area contributed by atoms with Gasteiger partial charge in [-0.05, 0) is 55.9 Å². The Kier molecular flexibility index (Phi) is 5.92. The Morgan fingerprint density at radius 3 is 2.26 bits per heavy atom. The van der Waals surface area contributed by atoms with E-state index in [0.29, 0.717) is 18.0 Å². The third-order valence-electron chi connectivity index (χ3n) is 6.47. The number of rotatable bonds is 5. The number of aromatic nitrogens is 2. The highest BCUT2D eigenvalue weighted by molar-refractivity contribution is 5.58. The van der Waals surface area contributed by atoms with Gasteiger partial charge in [0.05, 0.1) is 11.7 Å². The average Bonchev–Trinajstić information content (AvgIpc) is 3.09. The van der Waals surface area contributed by atoms with Crippen molar-refractivity contribution < 1.29 is 4.39 Å². The average molecular weight is 370 g/mol. The molecule has 0 saturated heterocycles. The van der Waals surface area contributed by atoms with Crippen LogP contribution in [0.3, 0.4) is 0 Å². The highest BCUT2D eigenvalue weighted by Gasteiger charge is 2.30. The van der Waals surface area contributed by atoms with Gasteiger partial charge in [0.15, 0.2) is 0 Å². The zero-order valence-corrected chi connectivity index (χ0v) is 16.5. The molecule has 1 unspecified atom stereocenters. The van der Waals surface area contributed by atoms with E-state index in [0.717, 1.165) is 17.1 Å². The van der Waals surface area contributed by atoms with E-state index in [1.807, 2.05) is 12.1 Å². The SMILES string of the molecule is Cn1cc(-c2ccc(F)cc2)nc1C(NC1CCCCC1)C1CCCCC1. The predicted molar refractivity (Wildman–Crippen MR) is 108 cm³/mol. The summed E-state index contributed by atoms with van der Waals surface area (Å²) < 4.78 is 15.5. The molecule has 4 rings (SSSR count). The molecule has 1 atom stereocenters. The van der Waals surface area contributed by atoms with Crippen LogP contribution in [0.2, 0.25) is 0 Å². The molecule has 1 N–H and O–H groups in total. The molecule has 0 aliphatic heterocycles. The second kappa shape index (κ2) is 8.55. The van der Waals surface area contributed by atoms with Crippen LogP contribution in [0, 0.1) is 11.7 Å². The quantitative estimate of drug-likeness (QED) is 0.725. The van der Waals surface area contributed by atoms with Gasteiger partial charge < -0.3 is 9.88 Å². The molecule has 3 nitrogen and oxygen atoms in total. The lowest BCUT2D eigenvalue weighted by Gasteiger charge is -2.35. The molecule has 2 fully saturated rings. The van der Waals surface area contributed by atoms with Gasteiger partial charge in [-0.15, -0.1) is 0 Å². The molecule has 1 aromatic carbocycles. The molecule has 0 radical (unpaired) electrons. The van der Waals surface area contributed by atoms with Gasteiger partial charge >= 0.3 is 0 Å². The normalized spacial score (nSPS) is 20.7. The van der Waals surface area contributed by atoms with E-state index >= 15 is 0 Å². The summed E-state index contributed by atoms with van der Waals surface area (Å²) in [6, 6.07) is 7.63. The van der Waals surface area contributed by atoms with Crippen LogP contribution in [0.25, 0.3) is 11.3 Å². The fourth-order valence-corrected chi connectivity index (χ4v) is 4.94. The molecule has 2 aliphatic rings. The Labute approximate surface area is 162 Å². The first-order valence-corrected chi connectivity index (χ1v) is 10.8. The molecule has 27 heavy (non-hydrogen) atoms. The molecule has 0 spiro atoms. The van der Waals surface area contributed by atoms with Crippen molar-refractivity contribution in [3.63, 3.8) is 0 Å². The third kappa shape index (κ3) is 4.43. The van der Waals surface area contributed by atoms with Crippen molar-refractivity contribution in [2.24, 2.45) is 13.0 Å². The Balaban J connectivity index is 1.61. The largest absolute Gasteiger partial charge is 0.336 e. The maximum absolute atomic E-state index is 13.3. The van der Waals surface area contributed by atoms with Crippen LogP contribution in [0.1, 0.15) is 76.1 Å². The summed E-state index contributed by atoms with van der Waals surface area (Å²) in [5.74, 6) is 1.61. The Morgan fingerprint density at radius 1 is 0.963 bits per heavy atom. The van der Waals surface area contributed by atoms with E-state index in [4.69, 9.17) is 4.98 Å². The van der Waals surface area contributed by atoms with Gasteiger partial charge in [-0.3, -0.25) is 0 Å². The second-order valence-corrected chi connectivity index (χ2v) is 8.48. The van der Waals surface area contributed by atoms with Gasteiger partial charge in [-0.1, -0.05) is 38.5 Å². The first-order valence-electron chi connectivity index (χ1n) is 10.8. The van der Waals surface area contributed by atoms with Crippen LogP contribution >= 0.6 is 0 Å². The molecule has 1 heterocycles.